The van der Waals surface area contributed by atoms with Gasteiger partial charge >= 0.3 is 5.97 Å². The fourth-order valence-corrected chi connectivity index (χ4v) is 2.30. The third kappa shape index (κ3) is 5.91. The first-order chi connectivity index (χ1) is 12.0. The van der Waals surface area contributed by atoms with Crippen LogP contribution in [0.15, 0.2) is 48.7 Å². The van der Waals surface area contributed by atoms with Gasteiger partial charge in [-0.05, 0) is 24.0 Å². The molecule has 1 amide bonds. The Bertz CT molecular complexity index is 716. The second-order valence-electron chi connectivity index (χ2n) is 6.15. The van der Waals surface area contributed by atoms with E-state index in [9.17, 15) is 14.7 Å². The van der Waals surface area contributed by atoms with Crippen molar-refractivity contribution in [3.05, 3.63) is 59.8 Å². The highest BCUT2D eigenvalue weighted by Gasteiger charge is 2.22. The van der Waals surface area contributed by atoms with Gasteiger partial charge in [-0.15, -0.1) is 0 Å². The number of aliphatic carboxylic acids is 1. The van der Waals surface area contributed by atoms with Gasteiger partial charge in [0.15, 0.2) is 0 Å². The summed E-state index contributed by atoms with van der Waals surface area (Å²) >= 11 is 0. The molecule has 6 heteroatoms. The predicted octanol–water partition coefficient (Wildman–Crippen LogP) is 2.89. The van der Waals surface area contributed by atoms with Crippen LogP contribution in [0.25, 0.3) is 0 Å². The summed E-state index contributed by atoms with van der Waals surface area (Å²) in [6, 6.07) is 11.7. The third-order valence-electron chi connectivity index (χ3n) is 3.54. The van der Waals surface area contributed by atoms with E-state index >= 15 is 0 Å². The molecule has 2 rings (SSSR count). The largest absolute Gasteiger partial charge is 0.480 e. The molecule has 0 aliphatic carbocycles. The number of carbonyl (C=O) groups excluding carboxylic acids is 1. The van der Waals surface area contributed by atoms with Gasteiger partial charge in [0, 0.05) is 17.8 Å². The van der Waals surface area contributed by atoms with Gasteiger partial charge in [-0.1, -0.05) is 44.2 Å². The molecule has 0 spiro atoms. The predicted molar refractivity (Wildman–Crippen MR) is 93.4 cm³/mol. The second-order valence-corrected chi connectivity index (χ2v) is 6.15. The molecule has 0 fully saturated rings. The van der Waals surface area contributed by atoms with Crippen molar-refractivity contribution in [1.29, 1.82) is 0 Å². The summed E-state index contributed by atoms with van der Waals surface area (Å²) in [7, 11) is 0. The number of nitrogens with one attached hydrogen (secondary N) is 1. The minimum atomic E-state index is -1.04. The lowest BCUT2D eigenvalue weighted by Gasteiger charge is -2.16. The summed E-state index contributed by atoms with van der Waals surface area (Å²) in [6.07, 6.45) is 1.83. The topological polar surface area (TPSA) is 88.5 Å². The van der Waals surface area contributed by atoms with E-state index in [2.05, 4.69) is 10.3 Å². The zero-order valence-electron chi connectivity index (χ0n) is 14.3. The number of hydrogen-bond acceptors (Lipinski definition) is 4. The molecule has 1 heterocycles. The van der Waals surface area contributed by atoms with E-state index in [4.69, 9.17) is 4.74 Å². The number of carboxylic acids is 1. The van der Waals surface area contributed by atoms with Crippen molar-refractivity contribution in [1.82, 2.24) is 10.3 Å². The Balaban J connectivity index is 2.01. The lowest BCUT2D eigenvalue weighted by Crippen LogP contribution is -2.41. The van der Waals surface area contributed by atoms with Crippen LogP contribution in [0.2, 0.25) is 0 Å². The lowest BCUT2D eigenvalue weighted by atomic mass is 10.0. The molecule has 1 atom stereocenters. The molecule has 0 saturated heterocycles. The number of rotatable bonds is 8. The van der Waals surface area contributed by atoms with E-state index in [0.717, 1.165) is 5.56 Å². The summed E-state index contributed by atoms with van der Waals surface area (Å²) in [5.41, 5.74) is 1.30. The Morgan fingerprint density at radius 2 is 1.92 bits per heavy atom. The first-order valence-electron chi connectivity index (χ1n) is 8.12. The quantitative estimate of drug-likeness (QED) is 0.770. The SMILES string of the molecule is CC(C)C[C@H](NC(=O)c1ccnc(OCc2ccccc2)c1)C(=O)O. The molecule has 0 unspecified atom stereocenters. The second kappa shape index (κ2) is 8.82. The van der Waals surface area contributed by atoms with Crippen LogP contribution in [-0.4, -0.2) is 28.0 Å². The highest BCUT2D eigenvalue weighted by atomic mass is 16.5. The molecule has 25 heavy (non-hydrogen) atoms. The summed E-state index contributed by atoms with van der Waals surface area (Å²) in [5.74, 6) is -1.03. The molecule has 1 aromatic heterocycles. The van der Waals surface area contributed by atoms with Crippen LogP contribution >= 0.6 is 0 Å². The van der Waals surface area contributed by atoms with Crippen LogP contribution in [0, 0.1) is 5.92 Å². The number of hydrogen-bond donors (Lipinski definition) is 2. The van der Waals surface area contributed by atoms with Crippen molar-refractivity contribution in [3.8, 4) is 5.88 Å². The van der Waals surface area contributed by atoms with E-state index in [-0.39, 0.29) is 5.92 Å². The van der Waals surface area contributed by atoms with Crippen LogP contribution in [-0.2, 0) is 11.4 Å². The number of carboxylic acid groups (broad SMARTS) is 1. The molecular formula is C19H22N2O4. The average molecular weight is 342 g/mol. The molecule has 6 nitrogen and oxygen atoms in total. The maximum absolute atomic E-state index is 12.3. The highest BCUT2D eigenvalue weighted by molar-refractivity contribution is 5.96. The van der Waals surface area contributed by atoms with Crippen molar-refractivity contribution < 1.29 is 19.4 Å². The Kier molecular flexibility index (Phi) is 6.51. The molecule has 2 aromatic rings. The summed E-state index contributed by atoms with van der Waals surface area (Å²) < 4.78 is 5.59. The van der Waals surface area contributed by atoms with E-state index < -0.39 is 17.9 Å². The molecular weight excluding hydrogens is 320 g/mol. The fraction of sp³-hybridized carbons (Fsp3) is 0.316. The molecule has 0 bridgehead atoms. The van der Waals surface area contributed by atoms with Crippen molar-refractivity contribution in [2.45, 2.75) is 32.9 Å². The van der Waals surface area contributed by atoms with E-state index in [1.807, 2.05) is 44.2 Å². The zero-order chi connectivity index (χ0) is 18.2. The minimum Gasteiger partial charge on any atom is -0.480 e. The van der Waals surface area contributed by atoms with Gasteiger partial charge in [-0.3, -0.25) is 4.79 Å². The van der Waals surface area contributed by atoms with Gasteiger partial charge in [-0.25, -0.2) is 9.78 Å². The van der Waals surface area contributed by atoms with Crippen molar-refractivity contribution in [3.63, 3.8) is 0 Å². The Labute approximate surface area is 146 Å². The molecule has 0 saturated carbocycles. The van der Waals surface area contributed by atoms with Crippen molar-refractivity contribution >= 4 is 11.9 Å². The zero-order valence-corrected chi connectivity index (χ0v) is 14.3. The smallest absolute Gasteiger partial charge is 0.326 e. The molecule has 0 radical (unpaired) electrons. The maximum Gasteiger partial charge on any atom is 0.326 e. The minimum absolute atomic E-state index is 0.156. The number of carbonyl (C=O) groups is 2. The first kappa shape index (κ1) is 18.4. The number of nitrogens with zero attached hydrogens (tertiary/aromatic N) is 1. The number of ether oxygens (including phenoxy) is 1. The molecule has 0 aliphatic heterocycles. The summed E-state index contributed by atoms with van der Waals surface area (Å²) in [4.78, 5) is 27.7. The van der Waals surface area contributed by atoms with Crippen LogP contribution in [0.4, 0.5) is 0 Å². The van der Waals surface area contributed by atoms with Gasteiger partial charge < -0.3 is 15.2 Å². The number of aromatic nitrogens is 1. The van der Waals surface area contributed by atoms with Crippen LogP contribution in [0.5, 0.6) is 5.88 Å². The number of benzene rings is 1. The molecule has 2 N–H and O–H groups in total. The maximum atomic E-state index is 12.3. The van der Waals surface area contributed by atoms with Gasteiger partial charge in [0.05, 0.1) is 0 Å². The van der Waals surface area contributed by atoms with E-state index in [0.29, 0.717) is 24.5 Å². The molecule has 1 aromatic carbocycles. The average Bonchev–Trinajstić information content (AvgIpc) is 2.60. The van der Waals surface area contributed by atoms with Crippen molar-refractivity contribution in [2.75, 3.05) is 0 Å². The van der Waals surface area contributed by atoms with Crippen molar-refractivity contribution in [2.24, 2.45) is 5.92 Å². The van der Waals surface area contributed by atoms with Gasteiger partial charge in [-0.2, -0.15) is 0 Å². The van der Waals surface area contributed by atoms with Crippen LogP contribution < -0.4 is 10.1 Å². The standard InChI is InChI=1S/C19H22N2O4/c1-13(2)10-16(19(23)24)21-18(22)15-8-9-20-17(11-15)25-12-14-6-4-3-5-7-14/h3-9,11,13,16H,10,12H2,1-2H3,(H,21,22)(H,23,24)/t16-/m0/s1. The summed E-state index contributed by atoms with van der Waals surface area (Å²) in [6.45, 7) is 4.15. The number of pyridine rings is 1. The van der Waals surface area contributed by atoms with E-state index in [1.54, 1.807) is 0 Å². The first-order valence-corrected chi connectivity index (χ1v) is 8.12. The Morgan fingerprint density at radius 1 is 1.20 bits per heavy atom. The Morgan fingerprint density at radius 3 is 2.56 bits per heavy atom. The van der Waals surface area contributed by atoms with Gasteiger partial charge in [0.1, 0.15) is 12.6 Å². The Hall–Kier alpha value is -2.89. The fourth-order valence-electron chi connectivity index (χ4n) is 2.30. The van der Waals surface area contributed by atoms with Crippen LogP contribution in [0.3, 0.4) is 0 Å². The van der Waals surface area contributed by atoms with Crippen LogP contribution in [0.1, 0.15) is 36.2 Å². The monoisotopic (exact) mass is 342 g/mol. The summed E-state index contributed by atoms with van der Waals surface area (Å²) in [5, 5.41) is 11.8. The van der Waals surface area contributed by atoms with Gasteiger partial charge in [0.2, 0.25) is 5.88 Å². The normalized spacial score (nSPS) is 11.8. The van der Waals surface area contributed by atoms with Gasteiger partial charge in [0.25, 0.3) is 5.91 Å². The number of amides is 1. The highest BCUT2D eigenvalue weighted by Crippen LogP contribution is 2.13. The molecule has 0 aliphatic rings. The lowest BCUT2D eigenvalue weighted by molar-refractivity contribution is -0.139. The third-order valence-corrected chi connectivity index (χ3v) is 3.54. The molecule has 132 valence electrons. The van der Waals surface area contributed by atoms with E-state index in [1.165, 1.54) is 18.3 Å².